The molecule has 98 valence electrons. The Bertz CT molecular complexity index is 400. The maximum atomic E-state index is 11.5. The first kappa shape index (κ1) is 12.9. The van der Waals surface area contributed by atoms with Crippen molar-refractivity contribution in [2.45, 2.75) is 32.4 Å². The first-order valence-electron chi connectivity index (χ1n) is 6.28. The predicted octanol–water partition coefficient (Wildman–Crippen LogP) is 2.04. The number of rotatable bonds is 4. The molecule has 4 heteroatoms. The van der Waals surface area contributed by atoms with Crippen LogP contribution in [0.4, 0.5) is 4.79 Å². The molecule has 0 atom stereocenters. The molecule has 4 nitrogen and oxygen atoms in total. The Kier molecular flexibility index (Phi) is 3.87. The lowest BCUT2D eigenvalue weighted by Crippen LogP contribution is -2.50. The summed E-state index contributed by atoms with van der Waals surface area (Å²) < 4.78 is 5.14. The number of nitrogens with one attached hydrogen (secondary N) is 1. The van der Waals surface area contributed by atoms with E-state index in [-0.39, 0.29) is 17.6 Å². The number of ether oxygens (including phenoxy) is 1. The Morgan fingerprint density at radius 1 is 1.44 bits per heavy atom. The van der Waals surface area contributed by atoms with Crippen molar-refractivity contribution in [2.24, 2.45) is 11.1 Å². The second-order valence-electron chi connectivity index (χ2n) is 5.39. The van der Waals surface area contributed by atoms with Crippen molar-refractivity contribution in [1.29, 1.82) is 0 Å². The lowest BCUT2D eigenvalue weighted by atomic mass is 9.67. The molecule has 1 fully saturated rings. The van der Waals surface area contributed by atoms with Crippen LogP contribution >= 0.6 is 0 Å². The van der Waals surface area contributed by atoms with Crippen LogP contribution in [0.1, 0.15) is 25.3 Å². The molecule has 1 amide bonds. The zero-order valence-corrected chi connectivity index (χ0v) is 10.7. The molecule has 1 aromatic rings. The molecule has 1 saturated carbocycles. The van der Waals surface area contributed by atoms with Crippen LogP contribution in [-0.2, 0) is 11.3 Å². The summed E-state index contributed by atoms with van der Waals surface area (Å²) >= 11 is 0. The molecule has 1 aliphatic carbocycles. The number of hydrogen-bond donors (Lipinski definition) is 2. The number of nitrogens with two attached hydrogens (primary N) is 1. The van der Waals surface area contributed by atoms with Gasteiger partial charge in [0.05, 0.1) is 0 Å². The van der Waals surface area contributed by atoms with Crippen molar-refractivity contribution >= 4 is 6.09 Å². The van der Waals surface area contributed by atoms with Crippen molar-refractivity contribution < 1.29 is 9.53 Å². The molecule has 0 heterocycles. The standard InChI is InChI=1S/C14H20N2O2/c1-14(7-12(15)8-14)10-16-13(17)18-9-11-5-3-2-4-6-11/h2-6,12H,7-10,15H2,1H3,(H,16,17). The van der Waals surface area contributed by atoms with Crippen LogP contribution in [0.2, 0.25) is 0 Å². The monoisotopic (exact) mass is 248 g/mol. The Balaban J connectivity index is 1.67. The second-order valence-corrected chi connectivity index (χ2v) is 5.39. The minimum absolute atomic E-state index is 0.144. The second kappa shape index (κ2) is 5.40. The van der Waals surface area contributed by atoms with Gasteiger partial charge in [0, 0.05) is 12.6 Å². The van der Waals surface area contributed by atoms with Gasteiger partial charge in [-0.2, -0.15) is 0 Å². The van der Waals surface area contributed by atoms with Crippen molar-refractivity contribution in [3.8, 4) is 0 Å². The largest absolute Gasteiger partial charge is 0.445 e. The summed E-state index contributed by atoms with van der Waals surface area (Å²) in [5.41, 5.74) is 6.89. The van der Waals surface area contributed by atoms with Gasteiger partial charge in [-0.1, -0.05) is 37.3 Å². The van der Waals surface area contributed by atoms with E-state index < -0.39 is 0 Å². The van der Waals surface area contributed by atoms with E-state index in [0.29, 0.717) is 13.2 Å². The molecule has 18 heavy (non-hydrogen) atoms. The van der Waals surface area contributed by atoms with Crippen LogP contribution < -0.4 is 11.1 Å². The molecule has 0 saturated heterocycles. The molecule has 2 rings (SSSR count). The highest BCUT2D eigenvalue weighted by Crippen LogP contribution is 2.38. The normalized spacial score (nSPS) is 26.2. The van der Waals surface area contributed by atoms with Crippen molar-refractivity contribution in [3.63, 3.8) is 0 Å². The minimum Gasteiger partial charge on any atom is -0.445 e. The third-order valence-corrected chi connectivity index (χ3v) is 3.38. The van der Waals surface area contributed by atoms with E-state index >= 15 is 0 Å². The Hall–Kier alpha value is -1.55. The number of alkyl carbamates (subject to hydrolysis) is 1. The number of carbonyl (C=O) groups is 1. The van der Waals surface area contributed by atoms with Crippen LogP contribution in [0.15, 0.2) is 30.3 Å². The van der Waals surface area contributed by atoms with Crippen molar-refractivity contribution in [3.05, 3.63) is 35.9 Å². The summed E-state index contributed by atoms with van der Waals surface area (Å²) in [5, 5.41) is 2.80. The average Bonchev–Trinajstić information content (AvgIpc) is 2.33. The molecule has 0 aliphatic heterocycles. The summed E-state index contributed by atoms with van der Waals surface area (Å²) in [4.78, 5) is 11.5. The maximum absolute atomic E-state index is 11.5. The molecular formula is C14H20N2O2. The van der Waals surface area contributed by atoms with Gasteiger partial charge < -0.3 is 15.8 Å². The van der Waals surface area contributed by atoms with E-state index in [9.17, 15) is 4.79 Å². The highest BCUT2D eigenvalue weighted by molar-refractivity contribution is 5.67. The van der Waals surface area contributed by atoms with Gasteiger partial charge in [0.1, 0.15) is 6.61 Å². The molecular weight excluding hydrogens is 228 g/mol. The third-order valence-electron chi connectivity index (χ3n) is 3.38. The maximum Gasteiger partial charge on any atom is 0.407 e. The number of hydrogen-bond acceptors (Lipinski definition) is 3. The first-order chi connectivity index (χ1) is 8.57. The van der Waals surface area contributed by atoms with Crippen LogP contribution in [0.25, 0.3) is 0 Å². The highest BCUT2D eigenvalue weighted by Gasteiger charge is 2.38. The molecule has 3 N–H and O–H groups in total. The van der Waals surface area contributed by atoms with Gasteiger partial charge in [0.15, 0.2) is 0 Å². The molecule has 0 unspecified atom stereocenters. The van der Waals surface area contributed by atoms with Gasteiger partial charge in [-0.25, -0.2) is 4.79 Å². The topological polar surface area (TPSA) is 64.3 Å². The molecule has 0 radical (unpaired) electrons. The van der Waals surface area contributed by atoms with Gasteiger partial charge in [-0.05, 0) is 23.8 Å². The Labute approximate surface area is 108 Å². The van der Waals surface area contributed by atoms with E-state index in [1.807, 2.05) is 30.3 Å². The zero-order chi connectivity index (χ0) is 13.0. The summed E-state index contributed by atoms with van der Waals surface area (Å²) in [7, 11) is 0. The van der Waals surface area contributed by atoms with E-state index in [0.717, 1.165) is 18.4 Å². The van der Waals surface area contributed by atoms with Gasteiger partial charge in [0.2, 0.25) is 0 Å². The van der Waals surface area contributed by atoms with Gasteiger partial charge in [0.25, 0.3) is 0 Å². The average molecular weight is 248 g/mol. The fraction of sp³-hybridized carbons (Fsp3) is 0.500. The third kappa shape index (κ3) is 3.47. The summed E-state index contributed by atoms with van der Waals surface area (Å²) in [5.74, 6) is 0. The van der Waals surface area contributed by atoms with Gasteiger partial charge in [-0.3, -0.25) is 0 Å². The van der Waals surface area contributed by atoms with Crippen molar-refractivity contribution in [2.75, 3.05) is 6.54 Å². The Morgan fingerprint density at radius 2 is 2.11 bits per heavy atom. The van der Waals surface area contributed by atoms with Gasteiger partial charge in [-0.15, -0.1) is 0 Å². The number of carbonyl (C=O) groups excluding carboxylic acids is 1. The van der Waals surface area contributed by atoms with Crippen molar-refractivity contribution in [1.82, 2.24) is 5.32 Å². The van der Waals surface area contributed by atoms with Crippen LogP contribution in [0.3, 0.4) is 0 Å². The van der Waals surface area contributed by atoms with Crippen LogP contribution in [-0.4, -0.2) is 18.7 Å². The Morgan fingerprint density at radius 3 is 2.72 bits per heavy atom. The number of amides is 1. The molecule has 0 spiro atoms. The predicted molar refractivity (Wildman–Crippen MR) is 69.9 cm³/mol. The fourth-order valence-electron chi connectivity index (χ4n) is 2.41. The van der Waals surface area contributed by atoms with Crippen LogP contribution in [0.5, 0.6) is 0 Å². The lowest BCUT2D eigenvalue weighted by molar-refractivity contribution is 0.105. The van der Waals surface area contributed by atoms with E-state index in [1.54, 1.807) is 0 Å². The summed E-state index contributed by atoms with van der Waals surface area (Å²) in [6.45, 7) is 3.07. The lowest BCUT2D eigenvalue weighted by Gasteiger charge is -2.43. The van der Waals surface area contributed by atoms with Gasteiger partial charge >= 0.3 is 6.09 Å². The fourth-order valence-corrected chi connectivity index (χ4v) is 2.41. The highest BCUT2D eigenvalue weighted by atomic mass is 16.5. The van der Waals surface area contributed by atoms with E-state index in [2.05, 4.69) is 12.2 Å². The smallest absolute Gasteiger partial charge is 0.407 e. The quantitative estimate of drug-likeness (QED) is 0.857. The molecule has 1 aliphatic rings. The molecule has 1 aromatic carbocycles. The van der Waals surface area contributed by atoms with E-state index in [4.69, 9.17) is 10.5 Å². The first-order valence-corrected chi connectivity index (χ1v) is 6.28. The van der Waals surface area contributed by atoms with Crippen LogP contribution in [0, 0.1) is 5.41 Å². The summed E-state index contributed by atoms with van der Waals surface area (Å²) in [6.07, 6.45) is 1.57. The number of benzene rings is 1. The molecule has 0 bridgehead atoms. The SMILES string of the molecule is CC1(CNC(=O)OCc2ccccc2)CC(N)C1. The summed E-state index contributed by atoms with van der Waals surface area (Å²) in [6, 6.07) is 9.93. The zero-order valence-electron chi connectivity index (χ0n) is 10.7. The molecule has 0 aromatic heterocycles. The minimum atomic E-state index is -0.361. The van der Waals surface area contributed by atoms with E-state index in [1.165, 1.54) is 0 Å².